The van der Waals surface area contributed by atoms with Crippen LogP contribution in [0.2, 0.25) is 5.02 Å². The van der Waals surface area contributed by atoms with Crippen molar-refractivity contribution in [3.63, 3.8) is 0 Å². The number of fused-ring (bicyclic) bond motifs is 2. The zero-order valence-electron chi connectivity index (χ0n) is 13.7. The van der Waals surface area contributed by atoms with Crippen LogP contribution in [0.1, 0.15) is 11.4 Å². The summed E-state index contributed by atoms with van der Waals surface area (Å²) in [5.74, 6) is 1.71. The predicted molar refractivity (Wildman–Crippen MR) is 96.3 cm³/mol. The summed E-state index contributed by atoms with van der Waals surface area (Å²) < 4.78 is 12.5. The van der Waals surface area contributed by atoms with Crippen molar-refractivity contribution in [2.24, 2.45) is 0 Å². The van der Waals surface area contributed by atoms with Crippen LogP contribution in [0, 0.1) is 0 Å². The Morgan fingerprint density at radius 1 is 1.31 bits per heavy atom. The molecule has 0 atom stereocenters. The van der Waals surface area contributed by atoms with Crippen molar-refractivity contribution in [2.45, 2.75) is 6.42 Å². The van der Waals surface area contributed by atoms with Gasteiger partial charge in [-0.2, -0.15) is 0 Å². The van der Waals surface area contributed by atoms with E-state index < -0.39 is 0 Å². The lowest BCUT2D eigenvalue weighted by Gasteiger charge is -2.03. The third kappa shape index (κ3) is 3.34. The van der Waals surface area contributed by atoms with E-state index >= 15 is 0 Å². The molecule has 1 aliphatic heterocycles. The van der Waals surface area contributed by atoms with Gasteiger partial charge in [-0.15, -0.1) is 10.2 Å². The highest BCUT2D eigenvalue weighted by atomic mass is 35.5. The third-order valence-electron chi connectivity index (χ3n) is 3.91. The van der Waals surface area contributed by atoms with Crippen molar-refractivity contribution >= 4 is 29.2 Å². The molecular weight excluding hydrogens is 356 g/mol. The number of nitrogens with zero attached hydrogens (tertiary/aromatic N) is 3. The van der Waals surface area contributed by atoms with Gasteiger partial charge in [0.15, 0.2) is 17.1 Å². The summed E-state index contributed by atoms with van der Waals surface area (Å²) in [5, 5.41) is 11.5. The fraction of sp³-hybridized carbons (Fsp3) is 0.167. The molecule has 3 aromatic rings. The van der Waals surface area contributed by atoms with Crippen molar-refractivity contribution in [1.29, 1.82) is 0 Å². The zero-order valence-corrected chi connectivity index (χ0v) is 14.4. The van der Waals surface area contributed by atoms with Crippen molar-refractivity contribution in [1.82, 2.24) is 19.9 Å². The van der Waals surface area contributed by atoms with Gasteiger partial charge < -0.3 is 14.8 Å². The van der Waals surface area contributed by atoms with E-state index in [1.165, 1.54) is 6.08 Å². The van der Waals surface area contributed by atoms with Crippen molar-refractivity contribution < 1.29 is 14.3 Å². The molecule has 26 heavy (non-hydrogen) atoms. The van der Waals surface area contributed by atoms with Crippen LogP contribution in [0.5, 0.6) is 11.5 Å². The van der Waals surface area contributed by atoms with Crippen LogP contribution in [0.4, 0.5) is 0 Å². The molecule has 1 aliphatic rings. The van der Waals surface area contributed by atoms with E-state index in [0.717, 1.165) is 17.0 Å². The molecule has 0 saturated heterocycles. The SMILES string of the molecule is O=C(/C=C/c1cc(Cl)c2c(c1)OCO2)NCCc1nnc2ccccn12. The Kier molecular flexibility index (Phi) is 4.45. The number of pyridine rings is 1. The Bertz CT molecular complexity index is 999. The number of halogens is 1. The molecule has 2 aromatic heterocycles. The van der Waals surface area contributed by atoms with E-state index in [9.17, 15) is 4.79 Å². The molecule has 3 heterocycles. The molecule has 0 aliphatic carbocycles. The molecule has 0 spiro atoms. The first-order valence-corrected chi connectivity index (χ1v) is 8.42. The van der Waals surface area contributed by atoms with Gasteiger partial charge in [-0.05, 0) is 35.9 Å². The first-order valence-electron chi connectivity index (χ1n) is 8.04. The maximum atomic E-state index is 12.0. The Labute approximate surface area is 154 Å². The van der Waals surface area contributed by atoms with Gasteiger partial charge in [-0.3, -0.25) is 9.20 Å². The topological polar surface area (TPSA) is 77.8 Å². The van der Waals surface area contributed by atoms with Crippen LogP contribution in [-0.4, -0.2) is 33.8 Å². The monoisotopic (exact) mass is 370 g/mol. The average molecular weight is 371 g/mol. The molecule has 8 heteroatoms. The fourth-order valence-electron chi connectivity index (χ4n) is 2.67. The lowest BCUT2D eigenvalue weighted by Crippen LogP contribution is -2.24. The van der Waals surface area contributed by atoms with Gasteiger partial charge in [0, 0.05) is 25.2 Å². The minimum atomic E-state index is -0.201. The summed E-state index contributed by atoms with van der Waals surface area (Å²) in [7, 11) is 0. The number of ether oxygens (including phenoxy) is 2. The van der Waals surface area contributed by atoms with Gasteiger partial charge in [0.05, 0.1) is 5.02 Å². The van der Waals surface area contributed by atoms with Crippen LogP contribution < -0.4 is 14.8 Å². The van der Waals surface area contributed by atoms with E-state index in [4.69, 9.17) is 21.1 Å². The second-order valence-electron chi connectivity index (χ2n) is 5.66. The van der Waals surface area contributed by atoms with E-state index in [1.54, 1.807) is 18.2 Å². The number of carbonyl (C=O) groups excluding carboxylic acids is 1. The molecular formula is C18H15ClN4O3. The largest absolute Gasteiger partial charge is 0.454 e. The summed E-state index contributed by atoms with van der Waals surface area (Å²) in [6, 6.07) is 9.20. The molecule has 132 valence electrons. The van der Waals surface area contributed by atoms with E-state index in [1.807, 2.05) is 28.8 Å². The van der Waals surface area contributed by atoms with Crippen LogP contribution in [0.15, 0.2) is 42.6 Å². The van der Waals surface area contributed by atoms with Crippen LogP contribution in [0.25, 0.3) is 11.7 Å². The van der Waals surface area contributed by atoms with Gasteiger partial charge in [-0.1, -0.05) is 17.7 Å². The number of aromatic nitrogens is 3. The number of carbonyl (C=O) groups is 1. The number of nitrogens with one attached hydrogen (secondary N) is 1. The van der Waals surface area contributed by atoms with Crippen molar-refractivity contribution in [3.05, 3.63) is 59.0 Å². The maximum Gasteiger partial charge on any atom is 0.244 e. The average Bonchev–Trinajstić information content (AvgIpc) is 3.27. The molecule has 0 fully saturated rings. The highest BCUT2D eigenvalue weighted by Crippen LogP contribution is 2.40. The lowest BCUT2D eigenvalue weighted by molar-refractivity contribution is -0.116. The maximum absolute atomic E-state index is 12.0. The number of hydrogen-bond donors (Lipinski definition) is 1. The molecule has 7 nitrogen and oxygen atoms in total. The predicted octanol–water partition coefficient (Wildman–Crippen LogP) is 2.48. The molecule has 0 radical (unpaired) electrons. The van der Waals surface area contributed by atoms with Gasteiger partial charge in [0.2, 0.25) is 12.7 Å². The smallest absolute Gasteiger partial charge is 0.244 e. The third-order valence-corrected chi connectivity index (χ3v) is 4.19. The van der Waals surface area contributed by atoms with Gasteiger partial charge >= 0.3 is 0 Å². The van der Waals surface area contributed by atoms with E-state index in [-0.39, 0.29) is 12.7 Å². The number of benzene rings is 1. The summed E-state index contributed by atoms with van der Waals surface area (Å²) in [4.78, 5) is 12.0. The highest BCUT2D eigenvalue weighted by molar-refractivity contribution is 6.32. The second-order valence-corrected chi connectivity index (χ2v) is 6.06. The Balaban J connectivity index is 1.34. The number of hydrogen-bond acceptors (Lipinski definition) is 5. The van der Waals surface area contributed by atoms with Gasteiger partial charge in [-0.25, -0.2) is 0 Å². The quantitative estimate of drug-likeness (QED) is 0.698. The number of rotatable bonds is 5. The second kappa shape index (κ2) is 7.05. The molecule has 0 bridgehead atoms. The van der Waals surface area contributed by atoms with Gasteiger partial charge in [0.25, 0.3) is 0 Å². The Morgan fingerprint density at radius 3 is 3.15 bits per heavy atom. The molecule has 1 aromatic carbocycles. The molecule has 0 saturated carbocycles. The minimum absolute atomic E-state index is 0.153. The summed E-state index contributed by atoms with van der Waals surface area (Å²) in [5.41, 5.74) is 1.55. The normalized spacial score (nSPS) is 12.8. The standard InChI is InChI=1S/C18H15ClN4O3/c19-13-9-12(10-14-18(13)26-11-25-14)4-5-17(24)20-7-6-16-22-21-15-3-1-2-8-23(15)16/h1-5,8-10H,6-7,11H2,(H,20,24)/b5-4+. The zero-order chi connectivity index (χ0) is 17.9. The number of amides is 1. The first kappa shape index (κ1) is 16.4. The molecule has 4 rings (SSSR count). The van der Waals surface area contributed by atoms with Crippen LogP contribution in [0.3, 0.4) is 0 Å². The van der Waals surface area contributed by atoms with Crippen LogP contribution >= 0.6 is 11.6 Å². The van der Waals surface area contributed by atoms with Crippen LogP contribution in [-0.2, 0) is 11.2 Å². The first-order chi connectivity index (χ1) is 12.7. The summed E-state index contributed by atoms with van der Waals surface area (Å²) >= 11 is 6.12. The Hall–Kier alpha value is -3.06. The lowest BCUT2D eigenvalue weighted by atomic mass is 10.2. The van der Waals surface area contributed by atoms with E-state index in [0.29, 0.717) is 29.5 Å². The minimum Gasteiger partial charge on any atom is -0.454 e. The van der Waals surface area contributed by atoms with E-state index in [2.05, 4.69) is 15.5 Å². The van der Waals surface area contributed by atoms with Crippen molar-refractivity contribution in [3.8, 4) is 11.5 Å². The molecule has 0 unspecified atom stereocenters. The summed E-state index contributed by atoms with van der Waals surface area (Å²) in [6.45, 7) is 0.612. The molecule has 1 amide bonds. The highest BCUT2D eigenvalue weighted by Gasteiger charge is 2.17. The Morgan fingerprint density at radius 2 is 2.23 bits per heavy atom. The molecule has 1 N–H and O–H groups in total. The fourth-order valence-corrected chi connectivity index (χ4v) is 2.95. The van der Waals surface area contributed by atoms with Crippen molar-refractivity contribution in [2.75, 3.05) is 13.3 Å². The van der Waals surface area contributed by atoms with Gasteiger partial charge in [0.1, 0.15) is 5.82 Å². The summed E-state index contributed by atoms with van der Waals surface area (Å²) in [6.07, 6.45) is 5.61.